The first-order valence-corrected chi connectivity index (χ1v) is 9.11. The molecule has 0 bridgehead atoms. The lowest BCUT2D eigenvalue weighted by Gasteiger charge is -2.35. The summed E-state index contributed by atoms with van der Waals surface area (Å²) in [6.45, 7) is 7.59. The molecule has 2 unspecified atom stereocenters. The van der Waals surface area contributed by atoms with E-state index >= 15 is 0 Å². The van der Waals surface area contributed by atoms with Gasteiger partial charge in [0.05, 0.1) is 0 Å². The molecule has 0 aliphatic carbocycles. The molecule has 6 heteroatoms. The molecule has 21 heavy (non-hydrogen) atoms. The number of hydrogen-bond donors (Lipinski definition) is 1. The Morgan fingerprint density at radius 1 is 1.33 bits per heavy atom. The number of piperidine rings is 1. The minimum Gasteiger partial charge on any atom is -0.370 e. The lowest BCUT2D eigenvalue weighted by Crippen LogP contribution is -2.44. The van der Waals surface area contributed by atoms with E-state index in [9.17, 15) is 8.42 Å². The quantitative estimate of drug-likeness (QED) is 0.908. The predicted molar refractivity (Wildman–Crippen MR) is 84.8 cm³/mol. The van der Waals surface area contributed by atoms with Crippen LogP contribution in [0.25, 0.3) is 0 Å². The lowest BCUT2D eigenvalue weighted by atomic mass is 9.97. The van der Waals surface area contributed by atoms with Gasteiger partial charge in [-0.3, -0.25) is 0 Å². The number of pyridine rings is 1. The van der Waals surface area contributed by atoms with Crippen molar-refractivity contribution in [3.8, 4) is 0 Å². The Morgan fingerprint density at radius 2 is 2.10 bits per heavy atom. The molecule has 2 atom stereocenters. The van der Waals surface area contributed by atoms with E-state index in [-0.39, 0.29) is 10.9 Å². The maximum atomic E-state index is 12.7. The first-order valence-electron chi connectivity index (χ1n) is 7.67. The van der Waals surface area contributed by atoms with Gasteiger partial charge in [0, 0.05) is 25.3 Å². The van der Waals surface area contributed by atoms with Crippen molar-refractivity contribution in [3.05, 3.63) is 18.3 Å². The van der Waals surface area contributed by atoms with Crippen molar-refractivity contribution in [2.24, 2.45) is 5.92 Å². The lowest BCUT2D eigenvalue weighted by molar-refractivity contribution is 0.218. The highest BCUT2D eigenvalue weighted by Gasteiger charge is 2.33. The van der Waals surface area contributed by atoms with E-state index in [4.69, 9.17) is 0 Å². The van der Waals surface area contributed by atoms with Crippen LogP contribution in [0.2, 0.25) is 0 Å². The van der Waals surface area contributed by atoms with Gasteiger partial charge in [-0.15, -0.1) is 0 Å². The molecule has 1 saturated heterocycles. The van der Waals surface area contributed by atoms with Crippen LogP contribution in [0, 0.1) is 5.92 Å². The molecule has 0 aromatic carbocycles. The van der Waals surface area contributed by atoms with Crippen molar-refractivity contribution in [1.29, 1.82) is 0 Å². The van der Waals surface area contributed by atoms with E-state index in [1.807, 2.05) is 6.92 Å². The van der Waals surface area contributed by atoms with Crippen molar-refractivity contribution in [3.63, 3.8) is 0 Å². The van der Waals surface area contributed by atoms with E-state index < -0.39 is 10.0 Å². The molecule has 0 amide bonds. The van der Waals surface area contributed by atoms with E-state index in [0.29, 0.717) is 12.5 Å². The number of hydrogen-bond acceptors (Lipinski definition) is 4. The molecule has 1 aromatic rings. The molecule has 118 valence electrons. The van der Waals surface area contributed by atoms with Gasteiger partial charge in [-0.05, 0) is 44.2 Å². The van der Waals surface area contributed by atoms with Crippen molar-refractivity contribution >= 4 is 15.8 Å². The SMILES string of the molecule is CCCNc1ccc(S(=O)(=O)N2CC(C)CCC2C)cn1. The zero-order valence-corrected chi connectivity index (χ0v) is 13.9. The van der Waals surface area contributed by atoms with Crippen molar-refractivity contribution in [2.45, 2.75) is 51.0 Å². The second kappa shape index (κ2) is 6.75. The van der Waals surface area contributed by atoms with Gasteiger partial charge in [-0.25, -0.2) is 13.4 Å². The molecule has 1 aliphatic rings. The zero-order chi connectivity index (χ0) is 15.5. The fourth-order valence-electron chi connectivity index (χ4n) is 2.61. The third-order valence-corrected chi connectivity index (χ3v) is 5.92. The second-order valence-corrected chi connectivity index (χ2v) is 7.80. The number of nitrogens with one attached hydrogen (secondary N) is 1. The van der Waals surface area contributed by atoms with Gasteiger partial charge in [0.15, 0.2) is 0 Å². The first kappa shape index (κ1) is 16.2. The minimum absolute atomic E-state index is 0.0593. The summed E-state index contributed by atoms with van der Waals surface area (Å²) in [4.78, 5) is 4.49. The highest BCUT2D eigenvalue weighted by molar-refractivity contribution is 7.89. The average Bonchev–Trinajstić information content (AvgIpc) is 2.48. The van der Waals surface area contributed by atoms with Gasteiger partial charge in [0.2, 0.25) is 10.0 Å². The summed E-state index contributed by atoms with van der Waals surface area (Å²) in [5.74, 6) is 1.13. The molecule has 2 heterocycles. The highest BCUT2D eigenvalue weighted by Crippen LogP contribution is 2.27. The van der Waals surface area contributed by atoms with Crippen LogP contribution in [0.15, 0.2) is 23.2 Å². The fraction of sp³-hybridized carbons (Fsp3) is 0.667. The van der Waals surface area contributed by atoms with Crippen LogP contribution in [0.4, 0.5) is 5.82 Å². The van der Waals surface area contributed by atoms with Crippen LogP contribution in [0.1, 0.15) is 40.0 Å². The molecule has 0 radical (unpaired) electrons. The Bertz CT molecular complexity index is 557. The summed E-state index contributed by atoms with van der Waals surface area (Å²) >= 11 is 0. The maximum Gasteiger partial charge on any atom is 0.244 e. The number of aromatic nitrogens is 1. The van der Waals surface area contributed by atoms with Crippen LogP contribution in [-0.2, 0) is 10.0 Å². The maximum absolute atomic E-state index is 12.7. The molecule has 1 N–H and O–H groups in total. The first-order chi connectivity index (χ1) is 9.95. The van der Waals surface area contributed by atoms with Crippen LogP contribution in [0.3, 0.4) is 0 Å². The van der Waals surface area contributed by atoms with E-state index in [1.165, 1.54) is 6.20 Å². The summed E-state index contributed by atoms with van der Waals surface area (Å²) in [5.41, 5.74) is 0. The van der Waals surface area contributed by atoms with E-state index in [1.54, 1.807) is 16.4 Å². The van der Waals surface area contributed by atoms with Gasteiger partial charge in [-0.2, -0.15) is 4.31 Å². The van der Waals surface area contributed by atoms with Gasteiger partial charge in [0.25, 0.3) is 0 Å². The molecular weight excluding hydrogens is 286 g/mol. The van der Waals surface area contributed by atoms with Crippen LogP contribution < -0.4 is 5.32 Å². The monoisotopic (exact) mass is 311 g/mol. The van der Waals surface area contributed by atoms with Gasteiger partial charge in [-0.1, -0.05) is 13.8 Å². The molecule has 1 fully saturated rings. The zero-order valence-electron chi connectivity index (χ0n) is 13.0. The average molecular weight is 311 g/mol. The normalized spacial score (nSPS) is 24.0. The number of rotatable bonds is 5. The van der Waals surface area contributed by atoms with Gasteiger partial charge in [0.1, 0.15) is 10.7 Å². The molecule has 1 aromatic heterocycles. The van der Waals surface area contributed by atoms with Crippen LogP contribution >= 0.6 is 0 Å². The summed E-state index contributed by atoms with van der Waals surface area (Å²) in [6.07, 6.45) is 4.47. The topological polar surface area (TPSA) is 62.3 Å². The summed E-state index contributed by atoms with van der Waals surface area (Å²) in [7, 11) is -3.44. The van der Waals surface area contributed by atoms with Crippen LogP contribution in [-0.4, -0.2) is 36.8 Å². The molecule has 2 rings (SSSR count). The summed E-state index contributed by atoms with van der Waals surface area (Å²) in [6, 6.07) is 3.44. The molecule has 0 saturated carbocycles. The Labute approximate surface area is 127 Å². The van der Waals surface area contributed by atoms with Crippen molar-refractivity contribution < 1.29 is 8.42 Å². The van der Waals surface area contributed by atoms with Crippen molar-refractivity contribution in [1.82, 2.24) is 9.29 Å². The molecular formula is C15H25N3O2S. The van der Waals surface area contributed by atoms with Crippen LogP contribution in [0.5, 0.6) is 0 Å². The number of anilines is 1. The Hall–Kier alpha value is -1.14. The standard InChI is InChI=1S/C15H25N3O2S/c1-4-9-16-15-8-7-14(10-17-15)21(19,20)18-11-12(2)5-6-13(18)3/h7-8,10,12-13H,4-6,9,11H2,1-3H3,(H,16,17). The van der Waals surface area contributed by atoms with Crippen molar-refractivity contribution in [2.75, 3.05) is 18.4 Å². The third kappa shape index (κ3) is 3.74. The Kier molecular flexibility index (Phi) is 5.22. The summed E-state index contributed by atoms with van der Waals surface area (Å²) < 4.78 is 27.1. The van der Waals surface area contributed by atoms with E-state index in [2.05, 4.69) is 24.1 Å². The summed E-state index contributed by atoms with van der Waals surface area (Å²) in [5, 5.41) is 3.15. The number of sulfonamides is 1. The highest BCUT2D eigenvalue weighted by atomic mass is 32.2. The predicted octanol–water partition coefficient (Wildman–Crippen LogP) is 2.71. The van der Waals surface area contributed by atoms with Gasteiger partial charge < -0.3 is 5.32 Å². The Morgan fingerprint density at radius 3 is 2.71 bits per heavy atom. The number of nitrogens with zero attached hydrogens (tertiary/aromatic N) is 2. The molecule has 5 nitrogen and oxygen atoms in total. The Balaban J connectivity index is 2.18. The largest absolute Gasteiger partial charge is 0.370 e. The second-order valence-electron chi connectivity index (χ2n) is 5.91. The minimum atomic E-state index is -3.44. The third-order valence-electron chi connectivity index (χ3n) is 3.96. The molecule has 1 aliphatic heterocycles. The smallest absolute Gasteiger partial charge is 0.244 e. The van der Waals surface area contributed by atoms with Gasteiger partial charge >= 0.3 is 0 Å². The van der Waals surface area contributed by atoms with E-state index in [0.717, 1.165) is 31.6 Å². The fourth-order valence-corrected chi connectivity index (χ4v) is 4.34. The molecule has 0 spiro atoms.